The van der Waals surface area contributed by atoms with Crippen LogP contribution in [0.15, 0.2) is 48.7 Å². The predicted molar refractivity (Wildman–Crippen MR) is 88.4 cm³/mol. The highest BCUT2D eigenvalue weighted by Crippen LogP contribution is 2.35. The topological polar surface area (TPSA) is 43.8 Å². The van der Waals surface area contributed by atoms with Gasteiger partial charge in [-0.05, 0) is 17.7 Å². The highest BCUT2D eigenvalue weighted by Gasteiger charge is 2.16. The molecule has 6 heteroatoms. The lowest BCUT2D eigenvalue weighted by Gasteiger charge is -2.10. The number of benzene rings is 2. The Kier molecular flexibility index (Phi) is 3.81. The fourth-order valence-electron chi connectivity index (χ4n) is 2.11. The van der Waals surface area contributed by atoms with Crippen LogP contribution < -0.4 is 5.73 Å². The number of nitrogens with zero attached hydrogens (tertiary/aromatic N) is 2. The molecule has 0 aliphatic carbocycles. The maximum absolute atomic E-state index is 6.21. The number of nitrogens with two attached hydrogens (primary N) is 1. The van der Waals surface area contributed by atoms with Crippen LogP contribution >= 0.6 is 34.8 Å². The number of anilines is 1. The third kappa shape index (κ3) is 2.60. The zero-order valence-electron chi connectivity index (χ0n) is 10.7. The molecule has 0 bridgehead atoms. The highest BCUT2D eigenvalue weighted by atomic mass is 35.5. The quantitative estimate of drug-likeness (QED) is 0.708. The third-order valence-corrected chi connectivity index (χ3v) is 3.88. The Morgan fingerprint density at radius 1 is 0.952 bits per heavy atom. The van der Waals surface area contributed by atoms with Crippen molar-refractivity contribution in [1.82, 2.24) is 9.78 Å². The molecule has 0 radical (unpaired) electrons. The van der Waals surface area contributed by atoms with Crippen molar-refractivity contribution in [3.8, 4) is 16.8 Å². The van der Waals surface area contributed by atoms with E-state index < -0.39 is 0 Å². The Bertz CT molecular complexity index is 774. The summed E-state index contributed by atoms with van der Waals surface area (Å²) in [5.41, 5.74) is 8.50. The zero-order valence-corrected chi connectivity index (χ0v) is 13.0. The van der Waals surface area contributed by atoms with Gasteiger partial charge in [-0.3, -0.25) is 0 Å². The number of hydrogen-bond donors (Lipinski definition) is 1. The van der Waals surface area contributed by atoms with E-state index in [1.165, 1.54) is 4.68 Å². The lowest BCUT2D eigenvalue weighted by atomic mass is 10.1. The first-order chi connectivity index (χ1) is 10.1. The van der Waals surface area contributed by atoms with Crippen molar-refractivity contribution >= 4 is 40.6 Å². The molecule has 2 N–H and O–H groups in total. The Morgan fingerprint density at radius 2 is 1.57 bits per heavy atom. The molecule has 0 aliphatic rings. The van der Waals surface area contributed by atoms with E-state index in [1.807, 2.05) is 30.3 Å². The molecule has 0 amide bonds. The summed E-state index contributed by atoms with van der Waals surface area (Å²) in [5.74, 6) is 0.465. The molecule has 0 atom stereocenters. The molecular weight excluding hydrogens is 329 g/mol. The molecule has 0 unspecified atom stereocenters. The second-order valence-corrected chi connectivity index (χ2v) is 5.69. The first-order valence-electron chi connectivity index (χ1n) is 6.12. The monoisotopic (exact) mass is 337 g/mol. The van der Waals surface area contributed by atoms with E-state index in [4.69, 9.17) is 40.5 Å². The van der Waals surface area contributed by atoms with Crippen LogP contribution in [0.5, 0.6) is 0 Å². The Balaban J connectivity index is 2.16. The van der Waals surface area contributed by atoms with E-state index in [1.54, 1.807) is 18.3 Å². The van der Waals surface area contributed by atoms with E-state index in [2.05, 4.69) is 5.10 Å². The van der Waals surface area contributed by atoms with Gasteiger partial charge in [-0.1, -0.05) is 65.1 Å². The number of halogens is 3. The maximum Gasteiger partial charge on any atom is 0.135 e. The fourth-order valence-corrected chi connectivity index (χ4v) is 3.09. The highest BCUT2D eigenvalue weighted by molar-refractivity contribution is 6.40. The van der Waals surface area contributed by atoms with Gasteiger partial charge in [0.05, 0.1) is 16.2 Å². The van der Waals surface area contributed by atoms with Gasteiger partial charge in [0.1, 0.15) is 11.5 Å². The van der Waals surface area contributed by atoms with E-state index in [-0.39, 0.29) is 0 Å². The van der Waals surface area contributed by atoms with Crippen molar-refractivity contribution in [1.29, 1.82) is 0 Å². The second kappa shape index (κ2) is 5.60. The summed E-state index contributed by atoms with van der Waals surface area (Å²) in [6.07, 6.45) is 1.69. The molecule has 2 aromatic carbocycles. The van der Waals surface area contributed by atoms with Crippen molar-refractivity contribution in [3.05, 3.63) is 63.7 Å². The molecule has 106 valence electrons. The summed E-state index contributed by atoms with van der Waals surface area (Å²) in [7, 11) is 0. The van der Waals surface area contributed by atoms with Crippen LogP contribution in [0.2, 0.25) is 15.1 Å². The SMILES string of the molecule is Nc1c(-c2ccccc2)cnn1-c1c(Cl)cc(Cl)cc1Cl. The summed E-state index contributed by atoms with van der Waals surface area (Å²) < 4.78 is 1.52. The van der Waals surface area contributed by atoms with Gasteiger partial charge in [0.2, 0.25) is 0 Å². The Hall–Kier alpha value is -1.68. The molecule has 0 saturated heterocycles. The fraction of sp³-hybridized carbons (Fsp3) is 0. The molecular formula is C15H10Cl3N3. The van der Waals surface area contributed by atoms with E-state index in [0.29, 0.717) is 26.6 Å². The van der Waals surface area contributed by atoms with Gasteiger partial charge in [-0.2, -0.15) is 5.10 Å². The minimum absolute atomic E-state index is 0.391. The van der Waals surface area contributed by atoms with Gasteiger partial charge < -0.3 is 5.73 Å². The minimum atomic E-state index is 0.391. The summed E-state index contributed by atoms with van der Waals surface area (Å²) in [6.45, 7) is 0. The number of rotatable bonds is 2. The van der Waals surface area contributed by atoms with Crippen LogP contribution in [-0.4, -0.2) is 9.78 Å². The molecule has 21 heavy (non-hydrogen) atoms. The summed E-state index contributed by atoms with van der Waals surface area (Å²) in [6, 6.07) is 13.0. The molecule has 3 nitrogen and oxygen atoms in total. The molecule has 1 aromatic heterocycles. The molecule has 0 aliphatic heterocycles. The predicted octanol–water partition coefficient (Wildman–Crippen LogP) is 5.08. The zero-order chi connectivity index (χ0) is 15.0. The van der Waals surface area contributed by atoms with Gasteiger partial charge in [0.15, 0.2) is 0 Å². The van der Waals surface area contributed by atoms with Gasteiger partial charge >= 0.3 is 0 Å². The van der Waals surface area contributed by atoms with E-state index in [0.717, 1.165) is 11.1 Å². The smallest absolute Gasteiger partial charge is 0.135 e. The van der Waals surface area contributed by atoms with Crippen LogP contribution in [0.25, 0.3) is 16.8 Å². The largest absolute Gasteiger partial charge is 0.383 e. The Morgan fingerprint density at radius 3 is 2.19 bits per heavy atom. The van der Waals surface area contributed by atoms with Crippen molar-refractivity contribution in [3.63, 3.8) is 0 Å². The van der Waals surface area contributed by atoms with Crippen LogP contribution in [0.3, 0.4) is 0 Å². The van der Waals surface area contributed by atoms with Gasteiger partial charge in [-0.25, -0.2) is 4.68 Å². The van der Waals surface area contributed by atoms with Gasteiger partial charge in [-0.15, -0.1) is 0 Å². The number of hydrogen-bond acceptors (Lipinski definition) is 2. The van der Waals surface area contributed by atoms with Crippen molar-refractivity contribution in [2.24, 2.45) is 0 Å². The van der Waals surface area contributed by atoms with Crippen LogP contribution in [0, 0.1) is 0 Å². The average molecular weight is 339 g/mol. The van der Waals surface area contributed by atoms with Crippen molar-refractivity contribution in [2.75, 3.05) is 5.73 Å². The lowest BCUT2D eigenvalue weighted by Crippen LogP contribution is -2.04. The molecule has 0 fully saturated rings. The van der Waals surface area contributed by atoms with E-state index in [9.17, 15) is 0 Å². The summed E-state index contributed by atoms with van der Waals surface area (Å²) in [5, 5.41) is 5.54. The standard InChI is InChI=1S/C15H10Cl3N3/c16-10-6-12(17)14(13(18)7-10)21-15(19)11(8-20-21)9-4-2-1-3-5-9/h1-8H,19H2. The first kappa shape index (κ1) is 14.3. The Labute approximate surface area is 136 Å². The number of aromatic nitrogens is 2. The van der Waals surface area contributed by atoms with Crippen LogP contribution in [0.4, 0.5) is 5.82 Å². The normalized spacial score (nSPS) is 10.8. The second-order valence-electron chi connectivity index (χ2n) is 4.44. The lowest BCUT2D eigenvalue weighted by molar-refractivity contribution is 0.892. The molecule has 0 spiro atoms. The number of nitrogen functional groups attached to an aromatic ring is 1. The van der Waals surface area contributed by atoms with Gasteiger partial charge in [0, 0.05) is 10.6 Å². The molecule has 0 saturated carbocycles. The van der Waals surface area contributed by atoms with Crippen molar-refractivity contribution < 1.29 is 0 Å². The molecule has 3 aromatic rings. The van der Waals surface area contributed by atoms with Crippen LogP contribution in [0.1, 0.15) is 0 Å². The minimum Gasteiger partial charge on any atom is -0.383 e. The van der Waals surface area contributed by atoms with Crippen LogP contribution in [-0.2, 0) is 0 Å². The average Bonchev–Trinajstić information content (AvgIpc) is 2.81. The van der Waals surface area contributed by atoms with Crippen molar-refractivity contribution in [2.45, 2.75) is 0 Å². The maximum atomic E-state index is 6.21. The summed E-state index contributed by atoms with van der Waals surface area (Å²) >= 11 is 18.3. The summed E-state index contributed by atoms with van der Waals surface area (Å²) in [4.78, 5) is 0. The molecule has 3 rings (SSSR count). The first-order valence-corrected chi connectivity index (χ1v) is 7.25. The van der Waals surface area contributed by atoms with E-state index >= 15 is 0 Å². The van der Waals surface area contributed by atoms with Gasteiger partial charge in [0.25, 0.3) is 0 Å². The third-order valence-electron chi connectivity index (χ3n) is 3.08. The molecule has 1 heterocycles.